The van der Waals surface area contributed by atoms with Gasteiger partial charge in [-0.15, -0.1) is 0 Å². The lowest BCUT2D eigenvalue weighted by Crippen LogP contribution is -2.20. The van der Waals surface area contributed by atoms with Crippen molar-refractivity contribution >= 4 is 28.9 Å². The Hall–Kier alpha value is -2.60. The number of nitro benzene ring substituents is 1. The van der Waals surface area contributed by atoms with E-state index < -0.39 is 10.8 Å². The minimum Gasteiger partial charge on any atom is -0.484 e. The summed E-state index contributed by atoms with van der Waals surface area (Å²) < 4.78 is 5.51. The van der Waals surface area contributed by atoms with Crippen molar-refractivity contribution in [1.29, 1.82) is 0 Å². The number of benzene rings is 2. The van der Waals surface area contributed by atoms with Crippen LogP contribution >= 0.6 is 11.6 Å². The Balaban J connectivity index is 1.53. The van der Waals surface area contributed by atoms with Crippen LogP contribution in [0.1, 0.15) is 43.6 Å². The number of hydrogen-bond acceptors (Lipinski definition) is 4. The van der Waals surface area contributed by atoms with Crippen molar-refractivity contribution in [1.82, 2.24) is 0 Å². The standard InChI is InChI=1S/C20H21ClN2O4/c21-18-11-8-16(12-19(18)23(25)26)22-20(24)13-27-17-9-6-15(7-10-17)14-4-2-1-3-5-14/h6-12,14H,1-5,13H2,(H,22,24). The van der Waals surface area contributed by atoms with Gasteiger partial charge >= 0.3 is 0 Å². The Morgan fingerprint density at radius 2 is 1.85 bits per heavy atom. The third kappa shape index (κ3) is 5.20. The summed E-state index contributed by atoms with van der Waals surface area (Å²) in [7, 11) is 0. The number of nitro groups is 1. The number of halogens is 1. The predicted molar refractivity (Wildman–Crippen MR) is 104 cm³/mol. The topological polar surface area (TPSA) is 81.5 Å². The molecule has 27 heavy (non-hydrogen) atoms. The maximum absolute atomic E-state index is 12.0. The molecule has 2 aromatic carbocycles. The van der Waals surface area contributed by atoms with Gasteiger partial charge in [-0.2, -0.15) is 0 Å². The first-order valence-electron chi connectivity index (χ1n) is 8.99. The molecular formula is C20H21ClN2O4. The summed E-state index contributed by atoms with van der Waals surface area (Å²) in [5.74, 6) is 0.839. The first-order valence-corrected chi connectivity index (χ1v) is 9.37. The molecule has 0 bridgehead atoms. The highest BCUT2D eigenvalue weighted by Gasteiger charge is 2.16. The molecule has 3 rings (SSSR count). The quantitative estimate of drug-likeness (QED) is 0.536. The van der Waals surface area contributed by atoms with Crippen LogP contribution in [0.4, 0.5) is 11.4 Å². The number of ether oxygens (including phenoxy) is 1. The minimum atomic E-state index is -0.595. The van der Waals surface area contributed by atoms with E-state index in [9.17, 15) is 14.9 Å². The van der Waals surface area contributed by atoms with Gasteiger partial charge in [0.2, 0.25) is 0 Å². The van der Waals surface area contributed by atoms with E-state index in [1.54, 1.807) is 0 Å². The van der Waals surface area contributed by atoms with Crippen LogP contribution in [-0.2, 0) is 4.79 Å². The van der Waals surface area contributed by atoms with Gasteiger partial charge in [0.05, 0.1) is 4.92 Å². The van der Waals surface area contributed by atoms with Crippen LogP contribution in [0.15, 0.2) is 42.5 Å². The van der Waals surface area contributed by atoms with Crippen LogP contribution in [0.25, 0.3) is 0 Å². The molecule has 7 heteroatoms. The molecule has 6 nitrogen and oxygen atoms in total. The van der Waals surface area contributed by atoms with Crippen molar-refractivity contribution in [2.24, 2.45) is 0 Å². The van der Waals surface area contributed by atoms with Gasteiger partial charge in [0, 0.05) is 11.8 Å². The summed E-state index contributed by atoms with van der Waals surface area (Å²) in [6.07, 6.45) is 6.35. The van der Waals surface area contributed by atoms with Crippen molar-refractivity contribution in [3.8, 4) is 5.75 Å². The highest BCUT2D eigenvalue weighted by Crippen LogP contribution is 2.33. The highest BCUT2D eigenvalue weighted by atomic mass is 35.5. The number of anilines is 1. The molecule has 1 fully saturated rings. The fraction of sp³-hybridized carbons (Fsp3) is 0.350. The third-order valence-electron chi connectivity index (χ3n) is 4.75. The van der Waals surface area contributed by atoms with Crippen LogP contribution in [0.2, 0.25) is 5.02 Å². The zero-order chi connectivity index (χ0) is 19.2. The number of carbonyl (C=O) groups is 1. The molecule has 2 aromatic rings. The predicted octanol–water partition coefficient (Wildman–Crippen LogP) is 5.31. The van der Waals surface area contributed by atoms with Gasteiger partial charge in [-0.1, -0.05) is 43.0 Å². The Labute approximate surface area is 162 Å². The first-order chi connectivity index (χ1) is 13.0. The van der Waals surface area contributed by atoms with Crippen molar-refractivity contribution in [2.75, 3.05) is 11.9 Å². The van der Waals surface area contributed by atoms with Crippen molar-refractivity contribution in [3.63, 3.8) is 0 Å². The zero-order valence-electron chi connectivity index (χ0n) is 14.8. The Morgan fingerprint density at radius 1 is 1.15 bits per heavy atom. The monoisotopic (exact) mass is 388 g/mol. The summed E-state index contributed by atoms with van der Waals surface area (Å²) in [5, 5.41) is 13.5. The van der Waals surface area contributed by atoms with E-state index in [1.807, 2.05) is 12.1 Å². The molecule has 1 aliphatic carbocycles. The summed E-state index contributed by atoms with van der Waals surface area (Å²) in [4.78, 5) is 22.3. The highest BCUT2D eigenvalue weighted by molar-refractivity contribution is 6.32. The molecule has 0 aliphatic heterocycles. The van der Waals surface area contributed by atoms with Crippen LogP contribution in [0, 0.1) is 10.1 Å². The van der Waals surface area contributed by atoms with Gasteiger partial charge in [-0.25, -0.2) is 0 Å². The smallest absolute Gasteiger partial charge is 0.289 e. The van der Waals surface area contributed by atoms with Crippen LogP contribution < -0.4 is 10.1 Å². The first kappa shape index (κ1) is 19.2. The molecule has 0 heterocycles. The molecule has 1 N–H and O–H groups in total. The number of hydrogen-bond donors (Lipinski definition) is 1. The van der Waals surface area contributed by atoms with Crippen molar-refractivity contribution in [3.05, 3.63) is 63.2 Å². The van der Waals surface area contributed by atoms with Crippen molar-refractivity contribution in [2.45, 2.75) is 38.0 Å². The van der Waals surface area contributed by atoms with E-state index in [-0.39, 0.29) is 17.3 Å². The second kappa shape index (κ2) is 8.86. The molecule has 0 aromatic heterocycles. The van der Waals surface area contributed by atoms with E-state index in [0.29, 0.717) is 17.4 Å². The lowest BCUT2D eigenvalue weighted by Gasteiger charge is -2.22. The average Bonchev–Trinajstić information content (AvgIpc) is 2.69. The maximum Gasteiger partial charge on any atom is 0.289 e. The second-order valence-corrected chi connectivity index (χ2v) is 7.07. The summed E-state index contributed by atoms with van der Waals surface area (Å²) >= 11 is 5.76. The van der Waals surface area contributed by atoms with Crippen molar-refractivity contribution < 1.29 is 14.5 Å². The van der Waals surface area contributed by atoms with E-state index >= 15 is 0 Å². The summed E-state index contributed by atoms with van der Waals surface area (Å²) in [6, 6.07) is 12.0. The molecule has 1 saturated carbocycles. The number of carbonyl (C=O) groups excluding carboxylic acids is 1. The van der Waals surface area contributed by atoms with Gasteiger partial charge in [0.25, 0.3) is 11.6 Å². The Kier molecular flexibility index (Phi) is 6.29. The van der Waals surface area contributed by atoms with E-state index in [2.05, 4.69) is 17.4 Å². The summed E-state index contributed by atoms with van der Waals surface area (Å²) in [6.45, 7) is -0.181. The normalized spacial score (nSPS) is 14.6. The lowest BCUT2D eigenvalue weighted by molar-refractivity contribution is -0.384. The molecule has 0 saturated heterocycles. The summed E-state index contributed by atoms with van der Waals surface area (Å²) in [5.41, 5.74) is 1.36. The van der Waals surface area contributed by atoms with Gasteiger partial charge in [-0.05, 0) is 48.6 Å². The number of rotatable bonds is 6. The number of amides is 1. The lowest BCUT2D eigenvalue weighted by atomic mass is 9.84. The maximum atomic E-state index is 12.0. The van der Waals surface area contributed by atoms with Crippen LogP contribution in [0.5, 0.6) is 5.75 Å². The number of nitrogens with one attached hydrogen (secondary N) is 1. The largest absolute Gasteiger partial charge is 0.484 e. The van der Waals surface area contributed by atoms with Crippen LogP contribution in [-0.4, -0.2) is 17.4 Å². The fourth-order valence-corrected chi connectivity index (χ4v) is 3.53. The molecule has 1 aliphatic rings. The molecule has 1 amide bonds. The molecule has 0 unspecified atom stereocenters. The van der Waals surface area contributed by atoms with E-state index in [0.717, 1.165) is 0 Å². The minimum absolute atomic E-state index is 0.0207. The Bertz CT molecular complexity index is 817. The second-order valence-electron chi connectivity index (χ2n) is 6.66. The average molecular weight is 389 g/mol. The van der Waals surface area contributed by atoms with Gasteiger partial charge in [0.15, 0.2) is 6.61 Å². The fourth-order valence-electron chi connectivity index (χ4n) is 3.35. The molecule has 0 radical (unpaired) electrons. The van der Waals surface area contributed by atoms with Gasteiger partial charge in [0.1, 0.15) is 10.8 Å². The van der Waals surface area contributed by atoms with Crippen LogP contribution in [0.3, 0.4) is 0 Å². The molecule has 142 valence electrons. The molecular weight excluding hydrogens is 368 g/mol. The van der Waals surface area contributed by atoms with Gasteiger partial charge < -0.3 is 10.1 Å². The SMILES string of the molecule is O=C(COc1ccc(C2CCCCC2)cc1)Nc1ccc(Cl)c([N+](=O)[O-])c1. The molecule has 0 atom stereocenters. The third-order valence-corrected chi connectivity index (χ3v) is 5.07. The van der Waals surface area contributed by atoms with E-state index in [4.69, 9.17) is 16.3 Å². The van der Waals surface area contributed by atoms with E-state index in [1.165, 1.54) is 55.9 Å². The Morgan fingerprint density at radius 3 is 2.52 bits per heavy atom. The zero-order valence-corrected chi connectivity index (χ0v) is 15.6. The number of nitrogens with zero attached hydrogens (tertiary/aromatic N) is 1. The molecule has 0 spiro atoms. The van der Waals surface area contributed by atoms with Gasteiger partial charge in [-0.3, -0.25) is 14.9 Å².